The van der Waals surface area contributed by atoms with Crippen LogP contribution >= 0.6 is 0 Å². The Hall–Kier alpha value is -0.570. The summed E-state index contributed by atoms with van der Waals surface area (Å²) in [6.45, 7) is 8.59. The summed E-state index contributed by atoms with van der Waals surface area (Å²) in [6, 6.07) is -0.0246. The van der Waals surface area contributed by atoms with Gasteiger partial charge in [-0.05, 0) is 23.7 Å². The Balaban J connectivity index is 1.95. The molecule has 0 spiro atoms. The first kappa shape index (κ1) is 12.9. The van der Waals surface area contributed by atoms with E-state index in [1.54, 1.807) is 0 Å². The van der Waals surface area contributed by atoms with E-state index in [-0.39, 0.29) is 34.8 Å². The van der Waals surface area contributed by atoms with Crippen molar-refractivity contribution in [2.45, 2.75) is 65.5 Å². The Morgan fingerprint density at radius 3 is 2.12 bits per heavy atom. The first-order valence-corrected chi connectivity index (χ1v) is 6.77. The molecule has 0 saturated heterocycles. The van der Waals surface area contributed by atoms with Crippen molar-refractivity contribution >= 4 is 5.91 Å². The van der Waals surface area contributed by atoms with E-state index in [4.69, 9.17) is 0 Å². The highest BCUT2D eigenvalue weighted by molar-refractivity contribution is 5.84. The molecule has 0 aromatic rings. The van der Waals surface area contributed by atoms with Gasteiger partial charge in [-0.1, -0.05) is 40.5 Å². The van der Waals surface area contributed by atoms with Crippen LogP contribution in [0.4, 0.5) is 0 Å². The molecule has 0 bridgehead atoms. The van der Waals surface area contributed by atoms with Gasteiger partial charge in [0.05, 0.1) is 12.1 Å². The summed E-state index contributed by atoms with van der Waals surface area (Å²) < 4.78 is 0. The number of carbonyl (C=O) groups excluding carboxylic acids is 1. The molecule has 2 atom stereocenters. The van der Waals surface area contributed by atoms with Crippen molar-refractivity contribution in [1.29, 1.82) is 0 Å². The average molecular weight is 239 g/mol. The van der Waals surface area contributed by atoms with Gasteiger partial charge in [0.25, 0.3) is 0 Å². The summed E-state index contributed by atoms with van der Waals surface area (Å²) in [5.74, 6) is 0.218. The Labute approximate surface area is 104 Å². The van der Waals surface area contributed by atoms with Crippen LogP contribution in [0, 0.1) is 16.7 Å². The van der Waals surface area contributed by atoms with E-state index < -0.39 is 0 Å². The smallest absolute Gasteiger partial charge is 0.224 e. The molecule has 2 N–H and O–H groups in total. The number of amides is 1. The number of carbonyl (C=O) groups is 1. The SMILES string of the molecule is CC1(C)C(C(=O)NC2CCCCC2O)C1(C)C. The highest BCUT2D eigenvalue weighted by Crippen LogP contribution is 2.68. The fraction of sp³-hybridized carbons (Fsp3) is 0.929. The summed E-state index contributed by atoms with van der Waals surface area (Å²) in [5, 5.41) is 12.9. The topological polar surface area (TPSA) is 49.3 Å². The van der Waals surface area contributed by atoms with Gasteiger partial charge >= 0.3 is 0 Å². The predicted molar refractivity (Wildman–Crippen MR) is 67.5 cm³/mol. The number of nitrogens with one attached hydrogen (secondary N) is 1. The molecule has 2 saturated carbocycles. The van der Waals surface area contributed by atoms with Gasteiger partial charge in [0.15, 0.2) is 0 Å². The molecule has 2 unspecified atom stereocenters. The number of aliphatic hydroxyl groups excluding tert-OH is 1. The van der Waals surface area contributed by atoms with Gasteiger partial charge in [-0.3, -0.25) is 4.79 Å². The molecule has 2 rings (SSSR count). The maximum atomic E-state index is 12.2. The maximum Gasteiger partial charge on any atom is 0.224 e. The van der Waals surface area contributed by atoms with Gasteiger partial charge in [0, 0.05) is 5.92 Å². The van der Waals surface area contributed by atoms with Crippen LogP contribution in [0.2, 0.25) is 0 Å². The van der Waals surface area contributed by atoms with Crippen molar-refractivity contribution in [2.75, 3.05) is 0 Å². The Morgan fingerprint density at radius 2 is 1.65 bits per heavy atom. The monoisotopic (exact) mass is 239 g/mol. The lowest BCUT2D eigenvalue weighted by Crippen LogP contribution is -2.46. The van der Waals surface area contributed by atoms with E-state index in [0.29, 0.717) is 0 Å². The summed E-state index contributed by atoms with van der Waals surface area (Å²) >= 11 is 0. The van der Waals surface area contributed by atoms with E-state index in [2.05, 4.69) is 33.0 Å². The van der Waals surface area contributed by atoms with Crippen LogP contribution in [0.3, 0.4) is 0 Å². The van der Waals surface area contributed by atoms with Crippen molar-refractivity contribution in [3.05, 3.63) is 0 Å². The Bertz CT molecular complexity index is 308. The van der Waals surface area contributed by atoms with Crippen LogP contribution in [0.5, 0.6) is 0 Å². The third-order valence-electron chi connectivity index (χ3n) is 5.34. The van der Waals surface area contributed by atoms with E-state index >= 15 is 0 Å². The second-order valence-electron chi connectivity index (χ2n) is 6.84. The van der Waals surface area contributed by atoms with Crippen LogP contribution in [-0.2, 0) is 4.79 Å². The lowest BCUT2D eigenvalue weighted by Gasteiger charge is -2.28. The first-order chi connectivity index (χ1) is 7.78. The summed E-state index contributed by atoms with van der Waals surface area (Å²) in [5.41, 5.74) is 0.160. The summed E-state index contributed by atoms with van der Waals surface area (Å²) in [6.07, 6.45) is 3.58. The summed E-state index contributed by atoms with van der Waals surface area (Å²) in [4.78, 5) is 12.2. The van der Waals surface area contributed by atoms with Crippen LogP contribution in [-0.4, -0.2) is 23.2 Å². The maximum absolute atomic E-state index is 12.2. The molecular weight excluding hydrogens is 214 g/mol. The highest BCUT2D eigenvalue weighted by Gasteiger charge is 2.68. The van der Waals surface area contributed by atoms with E-state index in [9.17, 15) is 9.90 Å². The molecule has 2 fully saturated rings. The zero-order valence-corrected chi connectivity index (χ0v) is 11.4. The molecule has 0 aromatic heterocycles. The largest absolute Gasteiger partial charge is 0.391 e. The fourth-order valence-corrected chi connectivity index (χ4v) is 3.40. The second kappa shape index (κ2) is 3.98. The zero-order valence-electron chi connectivity index (χ0n) is 11.4. The van der Waals surface area contributed by atoms with Gasteiger partial charge in [0.2, 0.25) is 5.91 Å². The Kier molecular flexibility index (Phi) is 3.01. The van der Waals surface area contributed by atoms with Gasteiger partial charge < -0.3 is 10.4 Å². The number of hydrogen-bond donors (Lipinski definition) is 2. The van der Waals surface area contributed by atoms with Gasteiger partial charge in [-0.15, -0.1) is 0 Å². The van der Waals surface area contributed by atoms with E-state index in [0.717, 1.165) is 25.7 Å². The minimum atomic E-state index is -0.349. The van der Waals surface area contributed by atoms with Crippen LogP contribution in [0.1, 0.15) is 53.4 Å². The molecular formula is C14H25NO2. The molecule has 3 nitrogen and oxygen atoms in total. The lowest BCUT2D eigenvalue weighted by molar-refractivity contribution is -0.125. The van der Waals surface area contributed by atoms with Crippen molar-refractivity contribution in [3.8, 4) is 0 Å². The molecule has 2 aliphatic rings. The Morgan fingerprint density at radius 1 is 1.12 bits per heavy atom. The molecule has 17 heavy (non-hydrogen) atoms. The lowest BCUT2D eigenvalue weighted by atomic mass is 9.92. The fourth-order valence-electron chi connectivity index (χ4n) is 3.40. The average Bonchev–Trinajstić information content (AvgIpc) is 2.61. The van der Waals surface area contributed by atoms with Gasteiger partial charge in [0.1, 0.15) is 0 Å². The number of aliphatic hydroxyl groups is 1. The molecule has 3 heteroatoms. The second-order valence-corrected chi connectivity index (χ2v) is 6.84. The van der Waals surface area contributed by atoms with Crippen LogP contribution < -0.4 is 5.32 Å². The van der Waals surface area contributed by atoms with Crippen molar-refractivity contribution < 1.29 is 9.90 Å². The third kappa shape index (κ3) is 1.99. The highest BCUT2D eigenvalue weighted by atomic mass is 16.3. The normalized spacial score (nSPS) is 35.4. The molecule has 2 aliphatic carbocycles. The first-order valence-electron chi connectivity index (χ1n) is 6.77. The standard InChI is InChI=1S/C14H25NO2/c1-13(2)11(14(13,3)4)12(17)15-9-7-5-6-8-10(9)16/h9-11,16H,5-8H2,1-4H3,(H,15,17). The van der Waals surface area contributed by atoms with Gasteiger partial charge in [-0.25, -0.2) is 0 Å². The molecule has 0 aliphatic heterocycles. The van der Waals surface area contributed by atoms with Crippen LogP contribution in [0.25, 0.3) is 0 Å². The molecule has 1 amide bonds. The van der Waals surface area contributed by atoms with E-state index in [1.165, 1.54) is 0 Å². The van der Waals surface area contributed by atoms with Gasteiger partial charge in [-0.2, -0.15) is 0 Å². The number of rotatable bonds is 2. The minimum absolute atomic E-state index is 0.0246. The van der Waals surface area contributed by atoms with Crippen molar-refractivity contribution in [3.63, 3.8) is 0 Å². The van der Waals surface area contributed by atoms with Crippen molar-refractivity contribution in [1.82, 2.24) is 5.32 Å². The molecule has 0 aromatic carbocycles. The van der Waals surface area contributed by atoms with E-state index in [1.807, 2.05) is 0 Å². The minimum Gasteiger partial charge on any atom is -0.391 e. The van der Waals surface area contributed by atoms with Crippen LogP contribution in [0.15, 0.2) is 0 Å². The molecule has 98 valence electrons. The quantitative estimate of drug-likeness (QED) is 0.775. The molecule has 0 radical (unpaired) electrons. The predicted octanol–water partition coefficient (Wildman–Crippen LogP) is 2.09. The number of hydrogen-bond acceptors (Lipinski definition) is 2. The molecule has 0 heterocycles. The zero-order chi connectivity index (χ0) is 12.8. The third-order valence-corrected chi connectivity index (χ3v) is 5.34. The van der Waals surface area contributed by atoms with Crippen molar-refractivity contribution in [2.24, 2.45) is 16.7 Å². The summed E-state index contributed by atoms with van der Waals surface area (Å²) in [7, 11) is 0.